The largest absolute Gasteiger partial charge is 0.497 e. The first kappa shape index (κ1) is 18.5. The van der Waals surface area contributed by atoms with Crippen molar-refractivity contribution < 1.29 is 14.3 Å². The first-order valence-corrected chi connectivity index (χ1v) is 8.76. The Labute approximate surface area is 157 Å². The van der Waals surface area contributed by atoms with Crippen LogP contribution >= 0.6 is 0 Å². The van der Waals surface area contributed by atoms with Crippen LogP contribution in [0.15, 0.2) is 35.3 Å². The molecule has 0 aliphatic carbocycles. The van der Waals surface area contributed by atoms with E-state index in [1.165, 1.54) is 6.20 Å². The maximum Gasteiger partial charge on any atom is 0.266 e. The lowest BCUT2D eigenvalue weighted by atomic mass is 10.0. The number of pyridine rings is 1. The maximum absolute atomic E-state index is 12.8. The van der Waals surface area contributed by atoms with Crippen LogP contribution in [-0.4, -0.2) is 42.1 Å². The molecule has 140 valence electrons. The molecule has 1 N–H and O–H groups in total. The molecule has 0 atom stereocenters. The average Bonchev–Trinajstić information content (AvgIpc) is 2.69. The van der Waals surface area contributed by atoms with Crippen LogP contribution in [-0.2, 0) is 0 Å². The van der Waals surface area contributed by atoms with E-state index in [1.807, 2.05) is 30.3 Å². The van der Waals surface area contributed by atoms with Crippen LogP contribution in [0.2, 0.25) is 0 Å². The van der Waals surface area contributed by atoms with E-state index < -0.39 is 5.56 Å². The van der Waals surface area contributed by atoms with Crippen molar-refractivity contribution in [2.45, 2.75) is 25.9 Å². The highest BCUT2D eigenvalue weighted by Crippen LogP contribution is 2.23. The summed E-state index contributed by atoms with van der Waals surface area (Å²) >= 11 is 0. The van der Waals surface area contributed by atoms with E-state index >= 15 is 0 Å². The quantitative estimate of drug-likeness (QED) is 0.894. The van der Waals surface area contributed by atoms with Crippen LogP contribution in [0.4, 0.5) is 0 Å². The van der Waals surface area contributed by atoms with E-state index in [-0.39, 0.29) is 17.6 Å². The summed E-state index contributed by atoms with van der Waals surface area (Å²) in [7, 11) is 1.62. The van der Waals surface area contributed by atoms with Crippen LogP contribution in [0, 0.1) is 18.3 Å². The summed E-state index contributed by atoms with van der Waals surface area (Å²) < 4.78 is 11.1. The molecule has 1 saturated heterocycles. The molecule has 2 heterocycles. The Morgan fingerprint density at radius 2 is 1.85 bits per heavy atom. The fourth-order valence-electron chi connectivity index (χ4n) is 3.17. The van der Waals surface area contributed by atoms with Gasteiger partial charge in [-0.05, 0) is 36.8 Å². The third kappa shape index (κ3) is 3.95. The summed E-state index contributed by atoms with van der Waals surface area (Å²) in [5.74, 6) is 1.37. The van der Waals surface area contributed by atoms with Gasteiger partial charge in [-0.15, -0.1) is 0 Å². The van der Waals surface area contributed by atoms with Gasteiger partial charge in [-0.25, -0.2) is 0 Å². The van der Waals surface area contributed by atoms with Crippen molar-refractivity contribution in [3.63, 3.8) is 0 Å². The van der Waals surface area contributed by atoms with Gasteiger partial charge >= 0.3 is 0 Å². The van der Waals surface area contributed by atoms with Crippen LogP contribution in [0.1, 0.15) is 34.3 Å². The van der Waals surface area contributed by atoms with Gasteiger partial charge in [-0.1, -0.05) is 0 Å². The van der Waals surface area contributed by atoms with Crippen LogP contribution in [0.5, 0.6) is 11.5 Å². The van der Waals surface area contributed by atoms with Crippen molar-refractivity contribution in [1.29, 1.82) is 5.26 Å². The number of hydrogen-bond acceptors (Lipinski definition) is 5. The first-order chi connectivity index (χ1) is 13.0. The van der Waals surface area contributed by atoms with E-state index in [0.717, 1.165) is 11.5 Å². The number of nitrogens with zero attached hydrogens (tertiary/aromatic N) is 2. The third-order valence-corrected chi connectivity index (χ3v) is 4.79. The predicted molar refractivity (Wildman–Crippen MR) is 99.1 cm³/mol. The number of piperidine rings is 1. The fourth-order valence-corrected chi connectivity index (χ4v) is 3.17. The van der Waals surface area contributed by atoms with E-state index in [9.17, 15) is 9.59 Å². The zero-order valence-electron chi connectivity index (χ0n) is 15.3. The number of likely N-dealkylation sites (tertiary alicyclic amines) is 1. The highest BCUT2D eigenvalue weighted by molar-refractivity contribution is 5.95. The topological polar surface area (TPSA) is 95.4 Å². The Morgan fingerprint density at radius 1 is 1.22 bits per heavy atom. The maximum atomic E-state index is 12.8. The number of aromatic amines is 1. The van der Waals surface area contributed by atoms with Gasteiger partial charge in [-0.2, -0.15) is 5.26 Å². The summed E-state index contributed by atoms with van der Waals surface area (Å²) in [5, 5.41) is 9.10. The van der Waals surface area contributed by atoms with Crippen molar-refractivity contribution in [1.82, 2.24) is 9.88 Å². The molecule has 1 fully saturated rings. The Hall–Kier alpha value is -3.27. The second-order valence-corrected chi connectivity index (χ2v) is 6.43. The predicted octanol–water partition coefficient (Wildman–Crippen LogP) is 2.25. The summed E-state index contributed by atoms with van der Waals surface area (Å²) in [4.78, 5) is 28.6. The van der Waals surface area contributed by atoms with E-state index in [1.54, 1.807) is 18.9 Å². The Bertz CT molecular complexity index is 920. The van der Waals surface area contributed by atoms with E-state index in [2.05, 4.69) is 4.98 Å². The van der Waals surface area contributed by atoms with Crippen LogP contribution < -0.4 is 15.0 Å². The van der Waals surface area contributed by atoms with Gasteiger partial charge in [0.2, 0.25) is 0 Å². The molecule has 2 aromatic rings. The molecule has 0 bridgehead atoms. The molecule has 0 radical (unpaired) electrons. The van der Waals surface area contributed by atoms with Gasteiger partial charge in [-0.3, -0.25) is 9.59 Å². The van der Waals surface area contributed by atoms with Gasteiger partial charge in [0.05, 0.1) is 12.7 Å². The number of H-pyrrole nitrogens is 1. The minimum atomic E-state index is -0.474. The number of carbonyl (C=O) groups excluding carboxylic acids is 1. The summed E-state index contributed by atoms with van der Waals surface area (Å²) in [6.45, 7) is 2.74. The second kappa shape index (κ2) is 7.96. The first-order valence-electron chi connectivity index (χ1n) is 8.76. The second-order valence-electron chi connectivity index (χ2n) is 6.43. The van der Waals surface area contributed by atoms with Crippen molar-refractivity contribution in [2.24, 2.45) is 0 Å². The molecule has 0 unspecified atom stereocenters. The zero-order chi connectivity index (χ0) is 19.4. The molecule has 1 amide bonds. The normalized spacial score (nSPS) is 14.5. The monoisotopic (exact) mass is 367 g/mol. The number of rotatable bonds is 4. The Morgan fingerprint density at radius 3 is 2.44 bits per heavy atom. The lowest BCUT2D eigenvalue weighted by molar-refractivity contribution is 0.0594. The molecule has 1 aliphatic rings. The molecule has 1 aromatic heterocycles. The molecule has 27 heavy (non-hydrogen) atoms. The fraction of sp³-hybridized carbons (Fsp3) is 0.350. The van der Waals surface area contributed by atoms with Crippen LogP contribution in [0.3, 0.4) is 0 Å². The molecular formula is C20H21N3O4. The Balaban J connectivity index is 1.63. The van der Waals surface area contributed by atoms with Crippen LogP contribution in [0.25, 0.3) is 0 Å². The SMILES string of the molecule is COc1ccc(OC2CCN(C(=O)c3c[nH]c(=O)c(C#N)c3C)CC2)cc1. The van der Waals surface area contributed by atoms with Gasteiger partial charge in [0.1, 0.15) is 29.2 Å². The molecule has 3 rings (SSSR count). The number of carbonyl (C=O) groups is 1. The lowest BCUT2D eigenvalue weighted by Crippen LogP contribution is -2.42. The molecular weight excluding hydrogens is 346 g/mol. The van der Waals surface area contributed by atoms with Gasteiger partial charge in [0.25, 0.3) is 11.5 Å². The number of hydrogen-bond donors (Lipinski definition) is 1. The molecule has 1 aromatic carbocycles. The van der Waals surface area contributed by atoms with Gasteiger partial charge < -0.3 is 19.4 Å². The standard InChI is InChI=1S/C20H21N3O4/c1-13-17(11-21)19(24)22-12-18(13)20(25)23-9-7-16(8-10-23)27-15-5-3-14(26-2)4-6-15/h3-6,12,16H,7-10H2,1-2H3,(H,22,24). The molecule has 0 spiro atoms. The zero-order valence-corrected chi connectivity index (χ0v) is 15.3. The number of aromatic nitrogens is 1. The molecule has 0 saturated carbocycles. The van der Waals surface area contributed by atoms with Crippen molar-refractivity contribution in [3.8, 4) is 17.6 Å². The minimum absolute atomic E-state index is 0.0152. The van der Waals surface area contributed by atoms with Crippen molar-refractivity contribution in [3.05, 3.63) is 57.5 Å². The number of nitrogens with one attached hydrogen (secondary N) is 1. The number of benzene rings is 1. The van der Waals surface area contributed by atoms with E-state index in [0.29, 0.717) is 37.1 Å². The van der Waals surface area contributed by atoms with Gasteiger partial charge in [0.15, 0.2) is 0 Å². The third-order valence-electron chi connectivity index (χ3n) is 4.79. The summed E-state index contributed by atoms with van der Waals surface area (Å²) in [6, 6.07) is 9.28. The smallest absolute Gasteiger partial charge is 0.266 e. The van der Waals surface area contributed by atoms with E-state index in [4.69, 9.17) is 14.7 Å². The van der Waals surface area contributed by atoms with Crippen molar-refractivity contribution in [2.75, 3.05) is 20.2 Å². The molecule has 7 heteroatoms. The van der Waals surface area contributed by atoms with Crippen molar-refractivity contribution >= 4 is 5.91 Å². The molecule has 1 aliphatic heterocycles. The number of amides is 1. The van der Waals surface area contributed by atoms with Gasteiger partial charge in [0, 0.05) is 32.1 Å². The lowest BCUT2D eigenvalue weighted by Gasteiger charge is -2.32. The number of methoxy groups -OCH3 is 1. The highest BCUT2D eigenvalue weighted by atomic mass is 16.5. The number of ether oxygens (including phenoxy) is 2. The molecule has 7 nitrogen and oxygen atoms in total. The Kier molecular flexibility index (Phi) is 5.46. The number of nitriles is 1. The summed E-state index contributed by atoms with van der Waals surface area (Å²) in [6.07, 6.45) is 2.85. The summed E-state index contributed by atoms with van der Waals surface area (Å²) in [5.41, 5.74) is 0.292. The minimum Gasteiger partial charge on any atom is -0.497 e. The average molecular weight is 367 g/mol. The highest BCUT2D eigenvalue weighted by Gasteiger charge is 2.26.